The Morgan fingerprint density at radius 1 is 1.00 bits per heavy atom. The standard InChI is InChI=1S/C15H20F3N3.ClH/c16-13-8-15(18)14(17)7-11(13)9-20-4-1-12(10-20)21-5-2-19-3-6-21;/h7-8,12,19H,1-6,9-10H2;1H. The van der Waals surface area contributed by atoms with Crippen molar-refractivity contribution < 1.29 is 13.2 Å². The lowest BCUT2D eigenvalue weighted by Crippen LogP contribution is -2.49. The predicted molar refractivity (Wildman–Crippen MR) is 81.7 cm³/mol. The first-order valence-electron chi connectivity index (χ1n) is 7.44. The van der Waals surface area contributed by atoms with E-state index in [4.69, 9.17) is 0 Å². The first-order chi connectivity index (χ1) is 10.1. The van der Waals surface area contributed by atoms with Gasteiger partial charge in [-0.05, 0) is 12.5 Å². The average molecular weight is 336 g/mol. The lowest BCUT2D eigenvalue weighted by molar-refractivity contribution is 0.170. The van der Waals surface area contributed by atoms with Crippen molar-refractivity contribution in [2.24, 2.45) is 0 Å². The van der Waals surface area contributed by atoms with Crippen molar-refractivity contribution in [1.82, 2.24) is 15.1 Å². The van der Waals surface area contributed by atoms with Gasteiger partial charge in [-0.1, -0.05) is 0 Å². The Bertz CT molecular complexity index is 509. The second kappa shape index (κ2) is 7.64. The third kappa shape index (κ3) is 3.93. The largest absolute Gasteiger partial charge is 0.314 e. The van der Waals surface area contributed by atoms with Crippen LogP contribution in [0.2, 0.25) is 0 Å². The van der Waals surface area contributed by atoms with Gasteiger partial charge in [0.25, 0.3) is 0 Å². The Labute approximate surface area is 134 Å². The fourth-order valence-electron chi connectivity index (χ4n) is 3.23. The Kier molecular flexibility index (Phi) is 6.09. The number of benzene rings is 1. The molecule has 0 spiro atoms. The number of nitrogens with one attached hydrogen (secondary N) is 1. The summed E-state index contributed by atoms with van der Waals surface area (Å²) in [6.45, 7) is 6.16. The van der Waals surface area contributed by atoms with Gasteiger partial charge in [0.05, 0.1) is 0 Å². The number of likely N-dealkylation sites (tertiary alicyclic amines) is 1. The molecule has 22 heavy (non-hydrogen) atoms. The number of rotatable bonds is 3. The summed E-state index contributed by atoms with van der Waals surface area (Å²) in [6.07, 6.45) is 1.05. The minimum Gasteiger partial charge on any atom is -0.314 e. The highest BCUT2D eigenvalue weighted by Gasteiger charge is 2.28. The molecule has 1 atom stereocenters. The first kappa shape index (κ1) is 17.5. The number of nitrogens with zero attached hydrogens (tertiary/aromatic N) is 2. The molecule has 2 fully saturated rings. The van der Waals surface area contributed by atoms with Gasteiger partial charge in [-0.3, -0.25) is 9.80 Å². The van der Waals surface area contributed by atoms with E-state index < -0.39 is 17.5 Å². The van der Waals surface area contributed by atoms with E-state index in [1.807, 2.05) is 0 Å². The van der Waals surface area contributed by atoms with Crippen LogP contribution in [0.3, 0.4) is 0 Å². The number of halogens is 4. The zero-order valence-electron chi connectivity index (χ0n) is 12.3. The van der Waals surface area contributed by atoms with E-state index in [2.05, 4.69) is 15.1 Å². The van der Waals surface area contributed by atoms with Gasteiger partial charge in [-0.25, -0.2) is 13.2 Å². The van der Waals surface area contributed by atoms with Crippen LogP contribution in [0.15, 0.2) is 12.1 Å². The van der Waals surface area contributed by atoms with E-state index in [0.29, 0.717) is 18.7 Å². The molecule has 2 aliphatic rings. The molecular weight excluding hydrogens is 315 g/mol. The highest BCUT2D eigenvalue weighted by atomic mass is 35.5. The molecular formula is C15H21ClF3N3. The monoisotopic (exact) mass is 335 g/mol. The average Bonchev–Trinajstić information content (AvgIpc) is 2.94. The van der Waals surface area contributed by atoms with Crippen molar-refractivity contribution in [1.29, 1.82) is 0 Å². The molecule has 1 aromatic carbocycles. The molecule has 0 bridgehead atoms. The highest BCUT2D eigenvalue weighted by Crippen LogP contribution is 2.21. The van der Waals surface area contributed by atoms with Crippen LogP contribution in [0.4, 0.5) is 13.2 Å². The summed E-state index contributed by atoms with van der Waals surface area (Å²) in [6, 6.07) is 2.09. The molecule has 1 unspecified atom stereocenters. The van der Waals surface area contributed by atoms with E-state index in [1.165, 1.54) is 0 Å². The van der Waals surface area contributed by atoms with Gasteiger partial charge in [0.1, 0.15) is 5.82 Å². The third-order valence-electron chi connectivity index (χ3n) is 4.40. The van der Waals surface area contributed by atoms with Crippen molar-refractivity contribution in [3.05, 3.63) is 35.1 Å². The summed E-state index contributed by atoms with van der Waals surface area (Å²) in [5.41, 5.74) is 0.231. The maximum atomic E-state index is 13.7. The summed E-state index contributed by atoms with van der Waals surface area (Å²) in [5.74, 6) is -2.78. The number of hydrogen-bond acceptors (Lipinski definition) is 3. The molecule has 0 radical (unpaired) electrons. The molecule has 0 amide bonds. The minimum atomic E-state index is -1.13. The van der Waals surface area contributed by atoms with E-state index in [-0.39, 0.29) is 18.0 Å². The SMILES string of the molecule is Cl.Fc1cc(F)c(CN2CCC(N3CCNCC3)C2)cc1F. The Hall–Kier alpha value is -0.820. The molecule has 0 aliphatic carbocycles. The fraction of sp³-hybridized carbons (Fsp3) is 0.600. The van der Waals surface area contributed by atoms with Gasteiger partial charge < -0.3 is 5.32 Å². The summed E-state index contributed by atoms with van der Waals surface area (Å²) in [4.78, 5) is 4.57. The van der Waals surface area contributed by atoms with Gasteiger partial charge in [0.15, 0.2) is 11.6 Å². The van der Waals surface area contributed by atoms with Crippen LogP contribution in [0.1, 0.15) is 12.0 Å². The molecule has 0 aromatic heterocycles. The van der Waals surface area contributed by atoms with Crippen LogP contribution in [0.25, 0.3) is 0 Å². The lowest BCUT2D eigenvalue weighted by Gasteiger charge is -2.32. The fourth-order valence-corrected chi connectivity index (χ4v) is 3.23. The van der Waals surface area contributed by atoms with Crippen molar-refractivity contribution in [3.8, 4) is 0 Å². The van der Waals surface area contributed by atoms with Crippen LogP contribution >= 0.6 is 12.4 Å². The van der Waals surface area contributed by atoms with Crippen LogP contribution in [0, 0.1) is 17.5 Å². The van der Waals surface area contributed by atoms with Crippen LogP contribution in [0.5, 0.6) is 0 Å². The number of piperazine rings is 1. The number of hydrogen-bond donors (Lipinski definition) is 1. The predicted octanol–water partition coefficient (Wildman–Crippen LogP) is 2.01. The van der Waals surface area contributed by atoms with E-state index >= 15 is 0 Å². The molecule has 3 rings (SSSR count). The molecule has 124 valence electrons. The van der Waals surface area contributed by atoms with Gasteiger partial charge in [-0.15, -0.1) is 12.4 Å². The highest BCUT2D eigenvalue weighted by molar-refractivity contribution is 5.85. The Morgan fingerprint density at radius 2 is 1.68 bits per heavy atom. The van der Waals surface area contributed by atoms with Crippen LogP contribution < -0.4 is 5.32 Å². The van der Waals surface area contributed by atoms with E-state index in [9.17, 15) is 13.2 Å². The molecule has 3 nitrogen and oxygen atoms in total. The smallest absolute Gasteiger partial charge is 0.161 e. The topological polar surface area (TPSA) is 18.5 Å². The zero-order valence-corrected chi connectivity index (χ0v) is 13.1. The molecule has 2 saturated heterocycles. The van der Waals surface area contributed by atoms with Gasteiger partial charge >= 0.3 is 0 Å². The molecule has 2 heterocycles. The third-order valence-corrected chi connectivity index (χ3v) is 4.40. The Balaban J connectivity index is 0.00000176. The van der Waals surface area contributed by atoms with Crippen molar-refractivity contribution in [2.75, 3.05) is 39.3 Å². The molecule has 2 aliphatic heterocycles. The maximum absolute atomic E-state index is 13.7. The van der Waals surface area contributed by atoms with Crippen molar-refractivity contribution >= 4 is 12.4 Å². The molecule has 1 N–H and O–H groups in total. The minimum absolute atomic E-state index is 0. The maximum Gasteiger partial charge on any atom is 0.161 e. The summed E-state index contributed by atoms with van der Waals surface area (Å²) < 4.78 is 39.8. The summed E-state index contributed by atoms with van der Waals surface area (Å²) >= 11 is 0. The zero-order chi connectivity index (χ0) is 14.8. The lowest BCUT2D eigenvalue weighted by atomic mass is 10.2. The van der Waals surface area contributed by atoms with Crippen LogP contribution in [-0.4, -0.2) is 55.1 Å². The Morgan fingerprint density at radius 3 is 2.41 bits per heavy atom. The second-order valence-electron chi connectivity index (χ2n) is 5.82. The molecule has 7 heteroatoms. The molecule has 0 saturated carbocycles. The van der Waals surface area contributed by atoms with Crippen molar-refractivity contribution in [2.45, 2.75) is 19.0 Å². The van der Waals surface area contributed by atoms with E-state index in [0.717, 1.165) is 51.8 Å². The normalized spacial score (nSPS) is 23.5. The summed E-state index contributed by atoms with van der Waals surface area (Å²) in [7, 11) is 0. The molecule has 1 aromatic rings. The van der Waals surface area contributed by atoms with Crippen LogP contribution in [-0.2, 0) is 6.54 Å². The van der Waals surface area contributed by atoms with Crippen molar-refractivity contribution in [3.63, 3.8) is 0 Å². The van der Waals surface area contributed by atoms with Gasteiger partial charge in [-0.2, -0.15) is 0 Å². The van der Waals surface area contributed by atoms with Gasteiger partial charge in [0, 0.05) is 63.5 Å². The van der Waals surface area contributed by atoms with E-state index in [1.54, 1.807) is 0 Å². The summed E-state index contributed by atoms with van der Waals surface area (Å²) in [5, 5.41) is 3.33. The quantitative estimate of drug-likeness (QED) is 0.853. The first-order valence-corrected chi connectivity index (χ1v) is 7.44. The second-order valence-corrected chi connectivity index (χ2v) is 5.82. The van der Waals surface area contributed by atoms with Gasteiger partial charge in [0.2, 0.25) is 0 Å².